The second-order valence-electron chi connectivity index (χ2n) is 5.40. The monoisotopic (exact) mass is 326 g/mol. The minimum absolute atomic E-state index is 0.121. The summed E-state index contributed by atoms with van der Waals surface area (Å²) in [6.45, 7) is 1.26. The Labute approximate surface area is 139 Å². The lowest BCUT2D eigenvalue weighted by molar-refractivity contribution is 0.292. The molecule has 2 aromatic carbocycles. The average molecular weight is 326 g/mol. The summed E-state index contributed by atoms with van der Waals surface area (Å²) < 4.78 is 13.0. The number of aliphatic hydroxyl groups excluding tert-OH is 1. The minimum atomic E-state index is -0.249. The second kappa shape index (κ2) is 7.70. The van der Waals surface area contributed by atoms with Crippen molar-refractivity contribution in [2.75, 3.05) is 23.8 Å². The van der Waals surface area contributed by atoms with Crippen molar-refractivity contribution in [2.24, 2.45) is 0 Å². The molecule has 0 radical (unpaired) electrons. The number of hydrogen-bond donors (Lipinski definition) is 3. The SMILES string of the molecule is OCCCNc1nc(NCc2ccc(F)cc2)c2ccccc2n1. The summed E-state index contributed by atoms with van der Waals surface area (Å²) in [5, 5.41) is 16.2. The number of rotatable bonds is 7. The molecule has 0 unspecified atom stereocenters. The summed E-state index contributed by atoms with van der Waals surface area (Å²) in [6.07, 6.45) is 0.633. The van der Waals surface area contributed by atoms with Crippen molar-refractivity contribution in [3.63, 3.8) is 0 Å². The van der Waals surface area contributed by atoms with Gasteiger partial charge in [0, 0.05) is 25.1 Å². The predicted octanol–water partition coefficient (Wildman–Crippen LogP) is 3.18. The summed E-state index contributed by atoms with van der Waals surface area (Å²) >= 11 is 0. The number of benzene rings is 2. The maximum absolute atomic E-state index is 13.0. The fourth-order valence-electron chi connectivity index (χ4n) is 2.36. The Morgan fingerprint density at radius 3 is 2.54 bits per heavy atom. The quantitative estimate of drug-likeness (QED) is 0.582. The van der Waals surface area contributed by atoms with Crippen molar-refractivity contribution in [2.45, 2.75) is 13.0 Å². The van der Waals surface area contributed by atoms with Crippen LogP contribution in [0.2, 0.25) is 0 Å². The van der Waals surface area contributed by atoms with E-state index in [1.54, 1.807) is 12.1 Å². The first-order valence-electron chi connectivity index (χ1n) is 7.86. The molecular weight excluding hydrogens is 307 g/mol. The Morgan fingerprint density at radius 2 is 1.75 bits per heavy atom. The molecule has 5 nitrogen and oxygen atoms in total. The molecule has 0 saturated heterocycles. The summed E-state index contributed by atoms with van der Waals surface area (Å²) in [5.41, 5.74) is 1.80. The van der Waals surface area contributed by atoms with Gasteiger partial charge in [0.2, 0.25) is 5.95 Å². The smallest absolute Gasteiger partial charge is 0.225 e. The van der Waals surface area contributed by atoms with Crippen molar-refractivity contribution in [3.8, 4) is 0 Å². The number of anilines is 2. The third kappa shape index (κ3) is 3.97. The molecule has 0 atom stereocenters. The first-order chi connectivity index (χ1) is 11.8. The lowest BCUT2D eigenvalue weighted by atomic mass is 10.2. The molecule has 0 fully saturated rings. The van der Waals surface area contributed by atoms with E-state index in [0.29, 0.717) is 25.5 Å². The highest BCUT2D eigenvalue weighted by Gasteiger charge is 2.07. The molecule has 3 aromatic rings. The molecule has 0 aliphatic heterocycles. The van der Waals surface area contributed by atoms with E-state index in [-0.39, 0.29) is 12.4 Å². The van der Waals surface area contributed by atoms with Crippen molar-refractivity contribution in [1.82, 2.24) is 9.97 Å². The van der Waals surface area contributed by atoms with Crippen LogP contribution in [0.25, 0.3) is 10.9 Å². The van der Waals surface area contributed by atoms with Crippen LogP contribution in [-0.2, 0) is 6.54 Å². The highest BCUT2D eigenvalue weighted by atomic mass is 19.1. The van der Waals surface area contributed by atoms with E-state index in [1.807, 2.05) is 24.3 Å². The third-order valence-electron chi connectivity index (χ3n) is 3.59. The summed E-state index contributed by atoms with van der Waals surface area (Å²) in [7, 11) is 0. The number of nitrogens with zero attached hydrogens (tertiary/aromatic N) is 2. The number of para-hydroxylation sites is 1. The van der Waals surface area contributed by atoms with Gasteiger partial charge in [0.15, 0.2) is 0 Å². The number of aromatic nitrogens is 2. The van der Waals surface area contributed by atoms with E-state index in [1.165, 1.54) is 12.1 Å². The van der Waals surface area contributed by atoms with Gasteiger partial charge in [-0.2, -0.15) is 4.98 Å². The lowest BCUT2D eigenvalue weighted by Crippen LogP contribution is -2.09. The van der Waals surface area contributed by atoms with Gasteiger partial charge in [-0.05, 0) is 36.2 Å². The average Bonchev–Trinajstić information content (AvgIpc) is 2.61. The van der Waals surface area contributed by atoms with Crippen LogP contribution in [0.5, 0.6) is 0 Å². The van der Waals surface area contributed by atoms with E-state index < -0.39 is 0 Å². The highest BCUT2D eigenvalue weighted by molar-refractivity contribution is 5.90. The number of hydrogen-bond acceptors (Lipinski definition) is 5. The zero-order chi connectivity index (χ0) is 16.8. The summed E-state index contributed by atoms with van der Waals surface area (Å²) in [5.74, 6) is 0.988. The fraction of sp³-hybridized carbons (Fsp3) is 0.222. The second-order valence-corrected chi connectivity index (χ2v) is 5.40. The Morgan fingerprint density at radius 1 is 0.958 bits per heavy atom. The Hall–Kier alpha value is -2.73. The molecule has 124 valence electrons. The highest BCUT2D eigenvalue weighted by Crippen LogP contribution is 2.22. The Bertz CT molecular complexity index is 808. The van der Waals surface area contributed by atoms with Crippen LogP contribution in [0.1, 0.15) is 12.0 Å². The lowest BCUT2D eigenvalue weighted by Gasteiger charge is -2.12. The van der Waals surface area contributed by atoms with Crippen molar-refractivity contribution in [3.05, 3.63) is 59.9 Å². The zero-order valence-electron chi connectivity index (χ0n) is 13.2. The van der Waals surface area contributed by atoms with Gasteiger partial charge in [-0.15, -0.1) is 0 Å². The molecule has 3 N–H and O–H groups in total. The van der Waals surface area contributed by atoms with Gasteiger partial charge in [0.1, 0.15) is 11.6 Å². The molecular formula is C18H19FN4O. The summed E-state index contributed by atoms with van der Waals surface area (Å²) in [6, 6.07) is 14.1. The van der Waals surface area contributed by atoms with Gasteiger partial charge in [-0.25, -0.2) is 9.37 Å². The largest absolute Gasteiger partial charge is 0.396 e. The van der Waals surface area contributed by atoms with Gasteiger partial charge < -0.3 is 15.7 Å². The van der Waals surface area contributed by atoms with Crippen LogP contribution in [0.3, 0.4) is 0 Å². The summed E-state index contributed by atoms with van der Waals surface area (Å²) in [4.78, 5) is 9.00. The number of halogens is 1. The number of nitrogens with one attached hydrogen (secondary N) is 2. The van der Waals surface area contributed by atoms with Crippen molar-refractivity contribution >= 4 is 22.7 Å². The van der Waals surface area contributed by atoms with E-state index in [2.05, 4.69) is 20.6 Å². The Balaban J connectivity index is 1.82. The van der Waals surface area contributed by atoms with Crippen LogP contribution in [0.15, 0.2) is 48.5 Å². The minimum Gasteiger partial charge on any atom is -0.396 e. The molecule has 3 rings (SSSR count). The fourth-order valence-corrected chi connectivity index (χ4v) is 2.36. The molecule has 0 bridgehead atoms. The molecule has 6 heteroatoms. The molecule has 0 aliphatic carbocycles. The molecule has 0 aliphatic rings. The van der Waals surface area contributed by atoms with Crippen molar-refractivity contribution in [1.29, 1.82) is 0 Å². The van der Waals surface area contributed by atoms with Crippen LogP contribution < -0.4 is 10.6 Å². The van der Waals surface area contributed by atoms with Gasteiger partial charge >= 0.3 is 0 Å². The third-order valence-corrected chi connectivity index (χ3v) is 3.59. The topological polar surface area (TPSA) is 70.1 Å². The molecule has 24 heavy (non-hydrogen) atoms. The van der Waals surface area contributed by atoms with E-state index >= 15 is 0 Å². The molecule has 0 saturated carbocycles. The molecule has 1 heterocycles. The normalized spacial score (nSPS) is 10.8. The maximum Gasteiger partial charge on any atom is 0.225 e. The van der Waals surface area contributed by atoms with Crippen LogP contribution in [-0.4, -0.2) is 28.2 Å². The number of fused-ring (bicyclic) bond motifs is 1. The van der Waals surface area contributed by atoms with E-state index in [9.17, 15) is 4.39 Å². The van der Waals surface area contributed by atoms with Crippen LogP contribution >= 0.6 is 0 Å². The molecule has 0 spiro atoms. The van der Waals surface area contributed by atoms with Crippen LogP contribution in [0.4, 0.5) is 16.2 Å². The Kier molecular flexibility index (Phi) is 5.18. The molecule has 1 aromatic heterocycles. The number of aliphatic hydroxyl groups is 1. The standard InChI is InChI=1S/C18H19FN4O/c19-14-8-6-13(7-9-14)12-21-17-15-4-1-2-5-16(15)22-18(23-17)20-10-3-11-24/h1-2,4-9,24H,3,10-12H2,(H2,20,21,22,23). The first kappa shape index (κ1) is 16.1. The first-order valence-corrected chi connectivity index (χ1v) is 7.86. The zero-order valence-corrected chi connectivity index (χ0v) is 13.2. The molecule has 0 amide bonds. The maximum atomic E-state index is 13.0. The van der Waals surface area contributed by atoms with Crippen molar-refractivity contribution < 1.29 is 9.50 Å². The van der Waals surface area contributed by atoms with Gasteiger partial charge in [0.25, 0.3) is 0 Å². The van der Waals surface area contributed by atoms with E-state index in [0.717, 1.165) is 22.3 Å². The van der Waals surface area contributed by atoms with Crippen LogP contribution in [0, 0.1) is 5.82 Å². The van der Waals surface area contributed by atoms with E-state index in [4.69, 9.17) is 5.11 Å². The van der Waals surface area contributed by atoms with Gasteiger partial charge in [-0.3, -0.25) is 0 Å². The van der Waals surface area contributed by atoms with Gasteiger partial charge in [-0.1, -0.05) is 24.3 Å². The van der Waals surface area contributed by atoms with Gasteiger partial charge in [0.05, 0.1) is 5.52 Å². The predicted molar refractivity (Wildman–Crippen MR) is 93.5 cm³/mol.